The standard InChI is InChI=1S/C38H55FO3/c1-3-4-10-31-16-23-36(24-17-31)40-26-7-5-6-8-27-42-38-25-20-34(29-37(38)39)33-18-14-32(15-19-33)11-9-28-41-35-21-12-30(2)13-22-35/h14-15,18-20,25,29,31,35-36H,2-13,16-17,21-24,26-28H2,1H3. The van der Waals surface area contributed by atoms with E-state index in [2.05, 4.69) is 37.8 Å². The highest BCUT2D eigenvalue weighted by molar-refractivity contribution is 5.64. The number of allylic oxidation sites excluding steroid dienone is 1. The fourth-order valence-electron chi connectivity index (χ4n) is 6.42. The quantitative estimate of drug-likeness (QED) is 0.130. The number of benzene rings is 2. The van der Waals surface area contributed by atoms with Gasteiger partial charge in [-0.1, -0.05) is 75.1 Å². The van der Waals surface area contributed by atoms with Crippen molar-refractivity contribution in [3.63, 3.8) is 0 Å². The van der Waals surface area contributed by atoms with Crippen molar-refractivity contribution in [2.75, 3.05) is 19.8 Å². The number of unbranched alkanes of at least 4 members (excludes halogenated alkanes) is 4. The molecule has 0 atom stereocenters. The molecule has 42 heavy (non-hydrogen) atoms. The molecule has 2 aromatic carbocycles. The van der Waals surface area contributed by atoms with E-state index in [0.29, 0.717) is 24.6 Å². The first-order valence-electron chi connectivity index (χ1n) is 17.0. The van der Waals surface area contributed by atoms with E-state index in [1.807, 2.05) is 6.07 Å². The van der Waals surface area contributed by atoms with E-state index in [1.54, 1.807) is 12.1 Å². The average molecular weight is 579 g/mol. The molecular formula is C38H55FO3. The fraction of sp³-hybridized carbons (Fsp3) is 0.632. The van der Waals surface area contributed by atoms with Crippen LogP contribution in [0.15, 0.2) is 54.6 Å². The maximum atomic E-state index is 14.8. The van der Waals surface area contributed by atoms with Gasteiger partial charge < -0.3 is 14.2 Å². The van der Waals surface area contributed by atoms with Crippen LogP contribution in [0.4, 0.5) is 4.39 Å². The lowest BCUT2D eigenvalue weighted by molar-refractivity contribution is 0.0150. The Morgan fingerprint density at radius 2 is 1.36 bits per heavy atom. The Hall–Kier alpha value is -2.17. The highest BCUT2D eigenvalue weighted by Crippen LogP contribution is 2.30. The molecule has 2 aromatic rings. The van der Waals surface area contributed by atoms with Gasteiger partial charge >= 0.3 is 0 Å². The number of hydrogen-bond donors (Lipinski definition) is 0. The SMILES string of the molecule is C=C1CCC(OCCCc2ccc(-c3ccc(OCCCCCCOC4CCC(CCCC)CC4)c(F)c3)cc2)CC1. The molecule has 0 aromatic heterocycles. The molecule has 0 aliphatic heterocycles. The molecule has 0 spiro atoms. The summed E-state index contributed by atoms with van der Waals surface area (Å²) in [4.78, 5) is 0. The maximum absolute atomic E-state index is 14.8. The summed E-state index contributed by atoms with van der Waals surface area (Å²) in [6, 6.07) is 13.8. The average Bonchev–Trinajstić information content (AvgIpc) is 3.02. The van der Waals surface area contributed by atoms with E-state index in [4.69, 9.17) is 14.2 Å². The number of rotatable bonds is 18. The smallest absolute Gasteiger partial charge is 0.165 e. The van der Waals surface area contributed by atoms with Crippen LogP contribution in [0.1, 0.15) is 115 Å². The second-order valence-electron chi connectivity index (χ2n) is 12.7. The van der Waals surface area contributed by atoms with Gasteiger partial charge in [0.1, 0.15) is 0 Å². The lowest BCUT2D eigenvalue weighted by Crippen LogP contribution is -2.22. The molecule has 0 heterocycles. The Labute approximate surface area is 255 Å². The van der Waals surface area contributed by atoms with E-state index in [-0.39, 0.29) is 5.82 Å². The van der Waals surface area contributed by atoms with E-state index >= 15 is 0 Å². The van der Waals surface area contributed by atoms with Gasteiger partial charge in [-0.25, -0.2) is 4.39 Å². The minimum atomic E-state index is -0.294. The molecule has 2 aliphatic rings. The third kappa shape index (κ3) is 11.5. The van der Waals surface area contributed by atoms with Crippen molar-refractivity contribution in [1.29, 1.82) is 0 Å². The van der Waals surface area contributed by atoms with Gasteiger partial charge in [0.15, 0.2) is 11.6 Å². The van der Waals surface area contributed by atoms with Crippen molar-refractivity contribution >= 4 is 0 Å². The van der Waals surface area contributed by atoms with Gasteiger partial charge in [0.25, 0.3) is 0 Å². The summed E-state index contributed by atoms with van der Waals surface area (Å²) >= 11 is 0. The fourth-order valence-corrected chi connectivity index (χ4v) is 6.42. The van der Waals surface area contributed by atoms with Crippen molar-refractivity contribution < 1.29 is 18.6 Å². The number of halogens is 1. The van der Waals surface area contributed by atoms with Crippen molar-refractivity contribution in [3.8, 4) is 16.9 Å². The van der Waals surface area contributed by atoms with Crippen LogP contribution in [0.5, 0.6) is 5.75 Å². The summed E-state index contributed by atoms with van der Waals surface area (Å²) in [6.07, 6.45) is 20.9. The molecule has 0 N–H and O–H groups in total. The van der Waals surface area contributed by atoms with E-state index in [1.165, 1.54) is 56.1 Å². The number of hydrogen-bond acceptors (Lipinski definition) is 3. The molecule has 2 fully saturated rings. The van der Waals surface area contributed by atoms with Crippen LogP contribution in [-0.4, -0.2) is 32.0 Å². The third-order valence-corrected chi connectivity index (χ3v) is 9.23. The predicted octanol–water partition coefficient (Wildman–Crippen LogP) is 10.6. The van der Waals surface area contributed by atoms with Gasteiger partial charge in [-0.15, -0.1) is 0 Å². The molecule has 232 valence electrons. The van der Waals surface area contributed by atoms with E-state index in [9.17, 15) is 4.39 Å². The molecular weight excluding hydrogens is 523 g/mol. The van der Waals surface area contributed by atoms with Crippen molar-refractivity contribution in [2.24, 2.45) is 5.92 Å². The zero-order chi connectivity index (χ0) is 29.4. The van der Waals surface area contributed by atoms with Crippen LogP contribution in [0.3, 0.4) is 0 Å². The van der Waals surface area contributed by atoms with Crippen LogP contribution < -0.4 is 4.74 Å². The van der Waals surface area contributed by atoms with Crippen LogP contribution in [0, 0.1) is 11.7 Å². The largest absolute Gasteiger partial charge is 0.491 e. The van der Waals surface area contributed by atoms with Gasteiger partial charge in [-0.3, -0.25) is 0 Å². The summed E-state index contributed by atoms with van der Waals surface area (Å²) < 4.78 is 32.7. The molecule has 0 radical (unpaired) electrons. The molecule has 0 unspecified atom stereocenters. The summed E-state index contributed by atoms with van der Waals surface area (Å²) in [5.41, 5.74) is 4.55. The first-order valence-corrected chi connectivity index (χ1v) is 17.0. The van der Waals surface area contributed by atoms with Gasteiger partial charge in [-0.05, 0) is 118 Å². The topological polar surface area (TPSA) is 27.7 Å². The van der Waals surface area contributed by atoms with Gasteiger partial charge in [0.05, 0.1) is 18.8 Å². The summed E-state index contributed by atoms with van der Waals surface area (Å²) in [6.45, 7) is 8.59. The van der Waals surface area contributed by atoms with Crippen LogP contribution >= 0.6 is 0 Å². The molecule has 0 saturated heterocycles. The molecule has 2 saturated carbocycles. The highest BCUT2D eigenvalue weighted by Gasteiger charge is 2.21. The van der Waals surface area contributed by atoms with Crippen molar-refractivity contribution in [2.45, 2.75) is 128 Å². The maximum Gasteiger partial charge on any atom is 0.165 e. The van der Waals surface area contributed by atoms with Crippen LogP contribution in [0.25, 0.3) is 11.1 Å². The lowest BCUT2D eigenvalue weighted by Gasteiger charge is -2.28. The zero-order valence-electron chi connectivity index (χ0n) is 26.2. The Kier molecular flexibility index (Phi) is 14.4. The minimum absolute atomic E-state index is 0.294. The molecule has 0 amide bonds. The molecule has 0 bridgehead atoms. The Bertz CT molecular complexity index is 1030. The van der Waals surface area contributed by atoms with Crippen LogP contribution in [-0.2, 0) is 15.9 Å². The summed E-state index contributed by atoms with van der Waals surface area (Å²) in [5, 5.41) is 0. The van der Waals surface area contributed by atoms with Crippen molar-refractivity contribution in [3.05, 3.63) is 66.0 Å². The second-order valence-corrected chi connectivity index (χ2v) is 12.7. The Morgan fingerprint density at radius 3 is 2.05 bits per heavy atom. The van der Waals surface area contributed by atoms with E-state index < -0.39 is 0 Å². The Morgan fingerprint density at radius 1 is 0.714 bits per heavy atom. The summed E-state index contributed by atoms with van der Waals surface area (Å²) in [5.74, 6) is 0.986. The predicted molar refractivity (Wildman–Crippen MR) is 173 cm³/mol. The first kappa shape index (κ1) is 32.7. The summed E-state index contributed by atoms with van der Waals surface area (Å²) in [7, 11) is 0. The molecule has 3 nitrogen and oxygen atoms in total. The minimum Gasteiger partial charge on any atom is -0.491 e. The highest BCUT2D eigenvalue weighted by atomic mass is 19.1. The number of ether oxygens (including phenoxy) is 3. The lowest BCUT2D eigenvalue weighted by atomic mass is 9.84. The van der Waals surface area contributed by atoms with E-state index in [0.717, 1.165) is 94.5 Å². The second kappa shape index (κ2) is 18.5. The first-order chi connectivity index (χ1) is 20.6. The van der Waals surface area contributed by atoms with Gasteiger partial charge in [0, 0.05) is 13.2 Å². The molecule has 4 heteroatoms. The zero-order valence-corrected chi connectivity index (χ0v) is 26.2. The molecule has 2 aliphatic carbocycles. The van der Waals surface area contributed by atoms with Crippen LogP contribution in [0.2, 0.25) is 0 Å². The third-order valence-electron chi connectivity index (χ3n) is 9.23. The molecule has 4 rings (SSSR count). The monoisotopic (exact) mass is 578 g/mol. The van der Waals surface area contributed by atoms with Crippen molar-refractivity contribution in [1.82, 2.24) is 0 Å². The van der Waals surface area contributed by atoms with Gasteiger partial charge in [-0.2, -0.15) is 0 Å². The normalized spacial score (nSPS) is 19.7. The number of aryl methyl sites for hydroxylation is 1. The Balaban J connectivity index is 1.05. The van der Waals surface area contributed by atoms with Gasteiger partial charge in [0.2, 0.25) is 0 Å².